The molecule has 39 heavy (non-hydrogen) atoms. The van der Waals surface area contributed by atoms with E-state index in [1.54, 1.807) is 49.5 Å². The number of pyridine rings is 2. The van der Waals surface area contributed by atoms with E-state index < -0.39 is 11.5 Å². The van der Waals surface area contributed by atoms with Gasteiger partial charge in [0.25, 0.3) is 17.3 Å². The number of aromatic nitrogens is 4. The van der Waals surface area contributed by atoms with Gasteiger partial charge < -0.3 is 14.6 Å². The highest BCUT2D eigenvalue weighted by atomic mass is 32.2. The maximum atomic E-state index is 13.1. The van der Waals surface area contributed by atoms with E-state index in [1.807, 2.05) is 18.2 Å². The second kappa shape index (κ2) is 11.6. The summed E-state index contributed by atoms with van der Waals surface area (Å²) in [6, 6.07) is 16.4. The van der Waals surface area contributed by atoms with Gasteiger partial charge in [-0.15, -0.1) is 5.10 Å². The van der Waals surface area contributed by atoms with Gasteiger partial charge in [0, 0.05) is 43.8 Å². The topological polar surface area (TPSA) is 135 Å². The predicted octanol–water partition coefficient (Wildman–Crippen LogP) is 2.92. The zero-order valence-corrected chi connectivity index (χ0v) is 22.2. The monoisotopic (exact) mass is 541 g/mol. The van der Waals surface area contributed by atoms with Crippen LogP contribution in [0.2, 0.25) is 0 Å². The van der Waals surface area contributed by atoms with Crippen molar-refractivity contribution >= 4 is 28.8 Å². The second-order valence-electron chi connectivity index (χ2n) is 9.41. The number of nitrogens with zero attached hydrogens (tertiary/aromatic N) is 5. The molecule has 0 atom stereocenters. The Kier molecular flexibility index (Phi) is 7.86. The van der Waals surface area contributed by atoms with Gasteiger partial charge in [-0.1, -0.05) is 30.1 Å². The molecule has 1 amide bonds. The fourth-order valence-electron chi connectivity index (χ4n) is 4.10. The van der Waals surface area contributed by atoms with Gasteiger partial charge in [0.15, 0.2) is 0 Å². The Morgan fingerprint density at radius 2 is 2.05 bits per heavy atom. The molecule has 3 heterocycles. The predicted molar refractivity (Wildman–Crippen MR) is 148 cm³/mol. The summed E-state index contributed by atoms with van der Waals surface area (Å²) in [6.45, 7) is 1.44. The van der Waals surface area contributed by atoms with Crippen molar-refractivity contribution in [3.05, 3.63) is 93.7 Å². The lowest BCUT2D eigenvalue weighted by Gasteiger charge is -2.17. The number of carbonyl (C=O) groups is 1. The van der Waals surface area contributed by atoms with Gasteiger partial charge in [-0.3, -0.25) is 19.3 Å². The number of carbonyl (C=O) groups excluding carboxylic acids is 1. The summed E-state index contributed by atoms with van der Waals surface area (Å²) in [4.78, 5) is 30.3. The number of benzene rings is 1. The first-order chi connectivity index (χ1) is 19.0. The molecule has 0 bridgehead atoms. The van der Waals surface area contributed by atoms with Gasteiger partial charge in [-0.25, -0.2) is 0 Å². The summed E-state index contributed by atoms with van der Waals surface area (Å²) in [5.41, 5.74) is 2.44. The molecule has 3 aromatic heterocycles. The molecule has 1 saturated carbocycles. The SMILES string of the molecule is Cn1c(=O)c(C(=O)NCc2ccc(C#N)cc2)cc2cnnc(OCC3(SNCCc4ccccn4)CC3)c21. The Morgan fingerprint density at radius 3 is 2.77 bits per heavy atom. The third-order valence-electron chi connectivity index (χ3n) is 6.55. The second-order valence-corrected chi connectivity index (χ2v) is 10.8. The first-order valence-electron chi connectivity index (χ1n) is 12.5. The minimum Gasteiger partial charge on any atom is -0.474 e. The molecule has 0 radical (unpaired) electrons. The Hall–Kier alpha value is -4.27. The molecule has 1 aromatic carbocycles. The summed E-state index contributed by atoms with van der Waals surface area (Å²) >= 11 is 1.66. The van der Waals surface area contributed by atoms with Crippen LogP contribution in [0.1, 0.15) is 40.0 Å². The highest BCUT2D eigenvalue weighted by Crippen LogP contribution is 2.47. The molecule has 198 valence electrons. The van der Waals surface area contributed by atoms with Gasteiger partial charge in [-0.05, 0) is 48.7 Å². The quantitative estimate of drug-likeness (QED) is 0.217. The largest absolute Gasteiger partial charge is 0.474 e. The van der Waals surface area contributed by atoms with Gasteiger partial charge in [0.1, 0.15) is 17.7 Å². The minimum atomic E-state index is -0.494. The summed E-state index contributed by atoms with van der Waals surface area (Å²) < 4.78 is 10.8. The van der Waals surface area contributed by atoms with Gasteiger partial charge >= 0.3 is 0 Å². The Labute approximate surface area is 229 Å². The van der Waals surface area contributed by atoms with Crippen molar-refractivity contribution in [1.82, 2.24) is 29.8 Å². The number of amides is 1. The van der Waals surface area contributed by atoms with Crippen LogP contribution in [0.15, 0.2) is 65.7 Å². The Bertz CT molecular complexity index is 1580. The van der Waals surface area contributed by atoms with Crippen molar-refractivity contribution in [1.29, 1.82) is 5.26 Å². The highest BCUT2D eigenvalue weighted by molar-refractivity contribution is 7.99. The van der Waals surface area contributed by atoms with Crippen molar-refractivity contribution in [2.45, 2.75) is 30.6 Å². The smallest absolute Gasteiger partial charge is 0.263 e. The van der Waals surface area contributed by atoms with Crippen molar-refractivity contribution in [3.63, 3.8) is 0 Å². The van der Waals surface area contributed by atoms with E-state index in [0.29, 0.717) is 23.1 Å². The zero-order chi connectivity index (χ0) is 27.2. The number of aryl methyl sites for hydroxylation is 1. The van der Waals surface area contributed by atoms with Crippen LogP contribution in [0.5, 0.6) is 5.88 Å². The molecule has 10 nitrogen and oxygen atoms in total. The van der Waals surface area contributed by atoms with E-state index in [0.717, 1.165) is 37.1 Å². The minimum absolute atomic E-state index is 0.00363. The first kappa shape index (κ1) is 26.3. The molecule has 0 aliphatic heterocycles. The highest BCUT2D eigenvalue weighted by Gasteiger charge is 2.45. The van der Waals surface area contributed by atoms with Crippen molar-refractivity contribution in [3.8, 4) is 11.9 Å². The Morgan fingerprint density at radius 1 is 1.23 bits per heavy atom. The lowest BCUT2D eigenvalue weighted by molar-refractivity contribution is 0.0949. The zero-order valence-electron chi connectivity index (χ0n) is 21.4. The summed E-state index contributed by atoms with van der Waals surface area (Å²) in [5.74, 6) is -0.233. The fraction of sp³-hybridized carbons (Fsp3) is 0.286. The number of hydrogen-bond donors (Lipinski definition) is 2. The lowest BCUT2D eigenvalue weighted by Crippen LogP contribution is -2.32. The molecule has 2 N–H and O–H groups in total. The number of ether oxygens (including phenoxy) is 1. The summed E-state index contributed by atoms with van der Waals surface area (Å²) in [7, 11) is 1.59. The standard InChI is InChI=1S/C28H27N7O3S/c1-35-24-21(14-23(27(35)37)25(36)31-16-20-7-5-19(15-29)6-8-20)17-32-34-26(24)38-18-28(10-11-28)39-33-13-9-22-4-2-3-12-30-22/h2-8,12,14,17,33H,9-11,13,16,18H2,1H3,(H,31,36). The van der Waals surface area contributed by atoms with Gasteiger partial charge in [-0.2, -0.15) is 10.4 Å². The number of rotatable bonds is 11. The van der Waals surface area contributed by atoms with E-state index in [4.69, 9.17) is 10.00 Å². The normalized spacial score (nSPS) is 13.5. The molecule has 1 aliphatic carbocycles. The number of nitrogens with one attached hydrogen (secondary N) is 2. The third kappa shape index (κ3) is 6.25. The fourth-order valence-corrected chi connectivity index (χ4v) is 5.03. The number of hydrogen-bond acceptors (Lipinski definition) is 9. The van der Waals surface area contributed by atoms with Crippen molar-refractivity contribution < 1.29 is 9.53 Å². The molecule has 1 aliphatic rings. The van der Waals surface area contributed by atoms with Crippen LogP contribution in [0.25, 0.3) is 10.9 Å². The van der Waals surface area contributed by atoms with E-state index in [-0.39, 0.29) is 22.7 Å². The molecular weight excluding hydrogens is 514 g/mol. The average Bonchev–Trinajstić information content (AvgIpc) is 3.75. The van der Waals surface area contributed by atoms with Gasteiger partial charge in [0.2, 0.25) is 0 Å². The van der Waals surface area contributed by atoms with Crippen LogP contribution in [0.4, 0.5) is 0 Å². The number of fused-ring (bicyclic) bond motifs is 1. The molecule has 5 rings (SSSR count). The van der Waals surface area contributed by atoms with Crippen LogP contribution >= 0.6 is 11.9 Å². The van der Waals surface area contributed by atoms with Crippen LogP contribution in [-0.2, 0) is 20.0 Å². The molecule has 0 unspecified atom stereocenters. The molecule has 0 saturated heterocycles. The molecule has 1 fully saturated rings. The Balaban J connectivity index is 1.23. The maximum absolute atomic E-state index is 13.1. The van der Waals surface area contributed by atoms with E-state index in [1.165, 1.54) is 16.8 Å². The molecular formula is C28H27N7O3S. The van der Waals surface area contributed by atoms with Crippen LogP contribution in [-0.4, -0.2) is 43.6 Å². The average molecular weight is 542 g/mol. The lowest BCUT2D eigenvalue weighted by atomic mass is 10.1. The van der Waals surface area contributed by atoms with Crippen LogP contribution in [0, 0.1) is 11.3 Å². The van der Waals surface area contributed by atoms with E-state index in [9.17, 15) is 9.59 Å². The number of nitriles is 1. The van der Waals surface area contributed by atoms with Crippen molar-refractivity contribution in [2.75, 3.05) is 13.2 Å². The van der Waals surface area contributed by atoms with E-state index >= 15 is 0 Å². The third-order valence-corrected chi connectivity index (χ3v) is 7.86. The molecule has 0 spiro atoms. The maximum Gasteiger partial charge on any atom is 0.263 e. The van der Waals surface area contributed by atoms with Gasteiger partial charge in [0.05, 0.1) is 22.6 Å². The van der Waals surface area contributed by atoms with Crippen LogP contribution in [0.3, 0.4) is 0 Å². The van der Waals surface area contributed by atoms with Crippen molar-refractivity contribution in [2.24, 2.45) is 7.05 Å². The molecule has 11 heteroatoms. The summed E-state index contributed by atoms with van der Waals surface area (Å²) in [6.07, 6.45) is 6.17. The first-order valence-corrected chi connectivity index (χ1v) is 13.4. The summed E-state index contributed by atoms with van der Waals surface area (Å²) in [5, 5.41) is 20.5. The van der Waals surface area contributed by atoms with Crippen LogP contribution < -0.4 is 20.3 Å². The molecule has 4 aromatic rings. The van der Waals surface area contributed by atoms with E-state index in [2.05, 4.69) is 31.3 Å².